The number of carbonyl (C=O) groups excluding carboxylic acids is 1. The summed E-state index contributed by atoms with van der Waals surface area (Å²) in [5.74, 6) is 0.966. The lowest BCUT2D eigenvalue weighted by atomic mass is 10.3. The number of amides is 1. The summed E-state index contributed by atoms with van der Waals surface area (Å²) in [7, 11) is 0. The fraction of sp³-hybridized carbons (Fsp3) is 0.706. The molecule has 1 aliphatic carbocycles. The van der Waals surface area contributed by atoms with Crippen molar-refractivity contribution in [3.63, 3.8) is 0 Å². The van der Waals surface area contributed by atoms with Crippen LogP contribution in [0.25, 0.3) is 0 Å². The van der Waals surface area contributed by atoms with Crippen LogP contribution < -0.4 is 16.0 Å². The topological polar surface area (TPSA) is 78.4 Å². The van der Waals surface area contributed by atoms with Gasteiger partial charge in [0.2, 0.25) is 5.91 Å². The lowest BCUT2D eigenvalue weighted by molar-refractivity contribution is -0.121. The van der Waals surface area contributed by atoms with Crippen LogP contribution >= 0.6 is 35.3 Å². The number of aryl methyl sites for hydroxylation is 1. The SMILES string of the molecule is CCNC(=NCCCC(=O)NC1CC1)NCCc1ncc(CC)s1.I. The zero-order valence-electron chi connectivity index (χ0n) is 15.1. The summed E-state index contributed by atoms with van der Waals surface area (Å²) in [6, 6.07) is 0.444. The first-order valence-corrected chi connectivity index (χ1v) is 9.78. The highest BCUT2D eigenvalue weighted by atomic mass is 127. The first-order valence-electron chi connectivity index (χ1n) is 8.96. The van der Waals surface area contributed by atoms with Crippen molar-refractivity contribution in [1.82, 2.24) is 20.9 Å². The number of hydrogen-bond donors (Lipinski definition) is 3. The van der Waals surface area contributed by atoms with E-state index in [9.17, 15) is 4.79 Å². The molecule has 0 radical (unpaired) electrons. The number of aliphatic imine (C=N–C) groups is 1. The van der Waals surface area contributed by atoms with Gasteiger partial charge in [-0.15, -0.1) is 35.3 Å². The van der Waals surface area contributed by atoms with E-state index in [-0.39, 0.29) is 29.9 Å². The van der Waals surface area contributed by atoms with E-state index >= 15 is 0 Å². The second kappa shape index (κ2) is 12.5. The van der Waals surface area contributed by atoms with Gasteiger partial charge in [0.05, 0.1) is 5.01 Å². The van der Waals surface area contributed by atoms with Crippen molar-refractivity contribution in [2.45, 2.75) is 58.4 Å². The zero-order chi connectivity index (χ0) is 17.2. The molecule has 0 unspecified atom stereocenters. The van der Waals surface area contributed by atoms with Crippen LogP contribution in [0, 0.1) is 0 Å². The van der Waals surface area contributed by atoms with Gasteiger partial charge in [-0.1, -0.05) is 6.92 Å². The fourth-order valence-corrected chi connectivity index (χ4v) is 3.08. The Kier molecular flexibility index (Phi) is 11.0. The number of rotatable bonds is 10. The molecule has 0 aromatic carbocycles. The van der Waals surface area contributed by atoms with E-state index in [1.54, 1.807) is 11.3 Å². The Morgan fingerprint density at radius 1 is 1.36 bits per heavy atom. The molecule has 2 rings (SSSR count). The Hall–Kier alpha value is -0.900. The van der Waals surface area contributed by atoms with Crippen LogP contribution in [-0.2, 0) is 17.6 Å². The maximum atomic E-state index is 11.6. The molecule has 0 atom stereocenters. The Labute approximate surface area is 171 Å². The number of thiazole rings is 1. The Morgan fingerprint density at radius 2 is 2.16 bits per heavy atom. The van der Waals surface area contributed by atoms with Crippen molar-refractivity contribution < 1.29 is 4.79 Å². The van der Waals surface area contributed by atoms with Crippen LogP contribution in [0.4, 0.5) is 0 Å². The van der Waals surface area contributed by atoms with Gasteiger partial charge in [0.25, 0.3) is 0 Å². The minimum atomic E-state index is 0. The quantitative estimate of drug-likeness (QED) is 0.209. The van der Waals surface area contributed by atoms with Crippen LogP contribution in [0.1, 0.15) is 49.4 Å². The number of nitrogens with one attached hydrogen (secondary N) is 3. The van der Waals surface area contributed by atoms with E-state index in [0.29, 0.717) is 19.0 Å². The number of halogens is 1. The summed E-state index contributed by atoms with van der Waals surface area (Å²) < 4.78 is 0. The number of guanidine groups is 1. The van der Waals surface area contributed by atoms with Gasteiger partial charge >= 0.3 is 0 Å². The van der Waals surface area contributed by atoms with Gasteiger partial charge in [-0.25, -0.2) is 4.98 Å². The Bertz CT molecular complexity index is 545. The minimum Gasteiger partial charge on any atom is -0.357 e. The maximum absolute atomic E-state index is 11.6. The monoisotopic (exact) mass is 479 g/mol. The van der Waals surface area contributed by atoms with Crippen molar-refractivity contribution in [3.8, 4) is 0 Å². The van der Waals surface area contributed by atoms with Gasteiger partial charge in [-0.05, 0) is 32.6 Å². The second-order valence-electron chi connectivity index (χ2n) is 5.96. The Morgan fingerprint density at radius 3 is 2.80 bits per heavy atom. The second-order valence-corrected chi connectivity index (χ2v) is 7.16. The number of hydrogen-bond acceptors (Lipinski definition) is 4. The molecule has 25 heavy (non-hydrogen) atoms. The molecular weight excluding hydrogens is 449 g/mol. The molecule has 3 N–H and O–H groups in total. The summed E-state index contributed by atoms with van der Waals surface area (Å²) >= 11 is 1.78. The van der Waals surface area contributed by atoms with Crippen molar-refractivity contribution in [2.24, 2.45) is 4.99 Å². The molecule has 1 amide bonds. The molecule has 1 aliphatic rings. The van der Waals surface area contributed by atoms with Crippen LogP contribution in [0.5, 0.6) is 0 Å². The molecule has 0 bridgehead atoms. The maximum Gasteiger partial charge on any atom is 0.220 e. The van der Waals surface area contributed by atoms with Gasteiger partial charge in [0.1, 0.15) is 0 Å². The molecule has 1 fully saturated rings. The predicted molar refractivity (Wildman–Crippen MR) is 115 cm³/mol. The van der Waals surface area contributed by atoms with E-state index in [2.05, 4.69) is 39.8 Å². The van der Waals surface area contributed by atoms with Crippen molar-refractivity contribution in [2.75, 3.05) is 19.6 Å². The number of carbonyl (C=O) groups is 1. The highest BCUT2D eigenvalue weighted by molar-refractivity contribution is 14.0. The molecule has 0 aliphatic heterocycles. The van der Waals surface area contributed by atoms with Crippen LogP contribution in [0.2, 0.25) is 0 Å². The van der Waals surface area contributed by atoms with Gasteiger partial charge in [-0.3, -0.25) is 9.79 Å². The lowest BCUT2D eigenvalue weighted by Crippen LogP contribution is -2.38. The average Bonchev–Trinajstić information content (AvgIpc) is 3.26. The molecule has 142 valence electrons. The zero-order valence-corrected chi connectivity index (χ0v) is 18.3. The molecule has 1 aromatic rings. The third kappa shape index (κ3) is 9.39. The van der Waals surface area contributed by atoms with E-state index in [4.69, 9.17) is 0 Å². The van der Waals surface area contributed by atoms with Crippen LogP contribution in [0.3, 0.4) is 0 Å². The lowest BCUT2D eigenvalue weighted by Gasteiger charge is -2.10. The predicted octanol–water partition coefficient (Wildman–Crippen LogP) is 2.48. The normalized spacial score (nSPS) is 13.9. The third-order valence-electron chi connectivity index (χ3n) is 3.70. The highest BCUT2D eigenvalue weighted by Gasteiger charge is 2.22. The molecule has 1 heterocycles. The van der Waals surface area contributed by atoms with Crippen LogP contribution in [-0.4, -0.2) is 42.5 Å². The molecule has 1 aromatic heterocycles. The molecular formula is C17H30IN5OS. The van der Waals surface area contributed by atoms with Gasteiger partial charge in [0, 0.05) is 49.6 Å². The first kappa shape index (κ1) is 22.1. The number of nitrogens with zero attached hydrogens (tertiary/aromatic N) is 2. The average molecular weight is 479 g/mol. The third-order valence-corrected chi connectivity index (χ3v) is 4.90. The van der Waals surface area contributed by atoms with E-state index < -0.39 is 0 Å². The van der Waals surface area contributed by atoms with Gasteiger partial charge in [0.15, 0.2) is 5.96 Å². The standard InChI is InChI=1S/C17H29N5OS.HI/c1-3-14-12-21-16(24-14)9-11-20-17(18-4-2)19-10-5-6-15(23)22-13-7-8-13;/h12-13H,3-11H2,1-2H3,(H,22,23)(H2,18,19,20);1H. The largest absolute Gasteiger partial charge is 0.357 e. The molecule has 1 saturated carbocycles. The molecule has 6 nitrogen and oxygen atoms in total. The van der Waals surface area contributed by atoms with E-state index in [0.717, 1.165) is 56.2 Å². The van der Waals surface area contributed by atoms with Crippen molar-refractivity contribution >= 4 is 47.2 Å². The smallest absolute Gasteiger partial charge is 0.220 e. The van der Waals surface area contributed by atoms with Crippen molar-refractivity contribution in [3.05, 3.63) is 16.1 Å². The number of aromatic nitrogens is 1. The fourth-order valence-electron chi connectivity index (χ4n) is 2.21. The summed E-state index contributed by atoms with van der Waals surface area (Å²) in [4.78, 5) is 21.9. The summed E-state index contributed by atoms with van der Waals surface area (Å²) in [6.07, 6.45) is 7.52. The summed E-state index contributed by atoms with van der Waals surface area (Å²) in [5.41, 5.74) is 0. The highest BCUT2D eigenvalue weighted by Crippen LogP contribution is 2.18. The first-order chi connectivity index (χ1) is 11.7. The van der Waals surface area contributed by atoms with Crippen LogP contribution in [0.15, 0.2) is 11.2 Å². The molecule has 8 heteroatoms. The Balaban J connectivity index is 0.00000312. The summed E-state index contributed by atoms with van der Waals surface area (Å²) in [6.45, 7) is 6.49. The van der Waals surface area contributed by atoms with E-state index in [1.807, 2.05) is 6.20 Å². The molecule has 0 saturated heterocycles. The van der Waals surface area contributed by atoms with Gasteiger partial charge in [-0.2, -0.15) is 0 Å². The van der Waals surface area contributed by atoms with Crippen molar-refractivity contribution in [1.29, 1.82) is 0 Å². The summed E-state index contributed by atoms with van der Waals surface area (Å²) in [5, 5.41) is 10.7. The minimum absolute atomic E-state index is 0. The molecule has 0 spiro atoms. The van der Waals surface area contributed by atoms with E-state index in [1.165, 1.54) is 4.88 Å². The van der Waals surface area contributed by atoms with Gasteiger partial charge < -0.3 is 16.0 Å².